The van der Waals surface area contributed by atoms with Gasteiger partial charge in [-0.25, -0.2) is 9.37 Å². The van der Waals surface area contributed by atoms with Crippen molar-refractivity contribution in [3.05, 3.63) is 79.0 Å². The summed E-state index contributed by atoms with van der Waals surface area (Å²) in [5, 5.41) is 11.3. The van der Waals surface area contributed by atoms with Crippen molar-refractivity contribution >= 4 is 33.5 Å². The van der Waals surface area contributed by atoms with E-state index in [1.165, 1.54) is 6.07 Å². The maximum absolute atomic E-state index is 14.5. The Morgan fingerprint density at radius 1 is 1.00 bits per heavy atom. The number of anilines is 1. The van der Waals surface area contributed by atoms with Gasteiger partial charge in [0.15, 0.2) is 5.82 Å². The second kappa shape index (κ2) is 9.27. The lowest BCUT2D eigenvalue weighted by Crippen LogP contribution is -2.10. The predicted octanol–water partition coefficient (Wildman–Crippen LogP) is 6.11. The summed E-state index contributed by atoms with van der Waals surface area (Å²) in [4.78, 5) is 28.8. The molecule has 6 rings (SSSR count). The number of fused-ring (bicyclic) bond motifs is 2. The van der Waals surface area contributed by atoms with Crippen molar-refractivity contribution in [3.63, 3.8) is 0 Å². The summed E-state index contributed by atoms with van der Waals surface area (Å²) in [7, 11) is 0. The van der Waals surface area contributed by atoms with Gasteiger partial charge in [-0.05, 0) is 48.4 Å². The van der Waals surface area contributed by atoms with Crippen molar-refractivity contribution < 1.29 is 9.18 Å². The van der Waals surface area contributed by atoms with Gasteiger partial charge in [0.2, 0.25) is 5.91 Å². The fourth-order valence-electron chi connectivity index (χ4n) is 4.39. The van der Waals surface area contributed by atoms with Crippen LogP contribution in [0.4, 0.5) is 10.1 Å². The fraction of sp³-hybridized carbons (Fsp3) is 0.107. The highest BCUT2D eigenvalue weighted by atomic mass is 19.1. The van der Waals surface area contributed by atoms with E-state index in [2.05, 4.69) is 30.5 Å². The van der Waals surface area contributed by atoms with E-state index in [0.29, 0.717) is 40.4 Å². The smallest absolute Gasteiger partial charge is 0.224 e. The molecule has 0 aliphatic carbocycles. The number of nitrogens with zero attached hydrogens (tertiary/aromatic N) is 4. The SMILES string of the molecule is CCCC(=O)Nc1cncc(-c2ccc3[nH]nc(-c4nc5c(-c6ccccc6F)nccc5[nH]4)c3c2)c1. The number of rotatable bonds is 6. The molecular formula is C28H22FN7O. The van der Waals surface area contributed by atoms with Crippen LogP contribution in [0.3, 0.4) is 0 Å². The van der Waals surface area contributed by atoms with Gasteiger partial charge in [-0.15, -0.1) is 0 Å². The van der Waals surface area contributed by atoms with Crippen LogP contribution in [-0.2, 0) is 4.79 Å². The van der Waals surface area contributed by atoms with Gasteiger partial charge in [0.1, 0.15) is 22.7 Å². The maximum atomic E-state index is 14.5. The summed E-state index contributed by atoms with van der Waals surface area (Å²) >= 11 is 0. The molecule has 182 valence electrons. The molecule has 0 aliphatic rings. The zero-order valence-corrected chi connectivity index (χ0v) is 19.9. The molecule has 4 aromatic heterocycles. The van der Waals surface area contributed by atoms with Crippen molar-refractivity contribution in [2.75, 3.05) is 5.32 Å². The monoisotopic (exact) mass is 491 g/mol. The normalized spacial score (nSPS) is 11.3. The number of carbonyl (C=O) groups excluding carboxylic acids is 1. The minimum absolute atomic E-state index is 0.0387. The summed E-state index contributed by atoms with van der Waals surface area (Å²) in [6.45, 7) is 1.96. The molecule has 0 aliphatic heterocycles. The van der Waals surface area contributed by atoms with Crippen molar-refractivity contribution in [2.45, 2.75) is 19.8 Å². The first-order valence-electron chi connectivity index (χ1n) is 11.9. The Bertz CT molecular complexity index is 1770. The van der Waals surface area contributed by atoms with Crippen LogP contribution in [0.15, 0.2) is 73.2 Å². The van der Waals surface area contributed by atoms with Gasteiger partial charge >= 0.3 is 0 Å². The van der Waals surface area contributed by atoms with Crippen LogP contribution in [0.5, 0.6) is 0 Å². The van der Waals surface area contributed by atoms with Crippen LogP contribution in [0.2, 0.25) is 0 Å². The van der Waals surface area contributed by atoms with E-state index < -0.39 is 0 Å². The highest BCUT2D eigenvalue weighted by Crippen LogP contribution is 2.33. The molecule has 0 bridgehead atoms. The average molecular weight is 492 g/mol. The summed E-state index contributed by atoms with van der Waals surface area (Å²) in [6.07, 6.45) is 6.25. The molecule has 0 spiro atoms. The summed E-state index contributed by atoms with van der Waals surface area (Å²) < 4.78 is 14.5. The molecule has 4 heterocycles. The van der Waals surface area contributed by atoms with Crippen molar-refractivity contribution in [1.82, 2.24) is 30.1 Å². The van der Waals surface area contributed by atoms with E-state index in [9.17, 15) is 9.18 Å². The Balaban J connectivity index is 1.41. The lowest BCUT2D eigenvalue weighted by atomic mass is 10.0. The number of aromatic nitrogens is 6. The second-order valence-corrected chi connectivity index (χ2v) is 8.71. The molecule has 0 saturated carbocycles. The van der Waals surface area contributed by atoms with E-state index in [1.807, 2.05) is 31.2 Å². The number of nitrogens with one attached hydrogen (secondary N) is 3. The molecular weight excluding hydrogens is 469 g/mol. The van der Waals surface area contributed by atoms with E-state index in [-0.39, 0.29) is 11.7 Å². The van der Waals surface area contributed by atoms with Gasteiger partial charge in [0.25, 0.3) is 0 Å². The van der Waals surface area contributed by atoms with Crippen LogP contribution in [0, 0.1) is 5.82 Å². The first-order valence-corrected chi connectivity index (χ1v) is 11.9. The lowest BCUT2D eigenvalue weighted by molar-refractivity contribution is -0.116. The van der Waals surface area contributed by atoms with Crippen molar-refractivity contribution in [2.24, 2.45) is 0 Å². The minimum atomic E-state index is -0.358. The number of benzene rings is 2. The molecule has 3 N–H and O–H groups in total. The molecule has 0 radical (unpaired) electrons. The number of carbonyl (C=O) groups is 1. The van der Waals surface area contributed by atoms with Crippen LogP contribution < -0.4 is 5.32 Å². The first kappa shape index (κ1) is 22.5. The van der Waals surface area contributed by atoms with Gasteiger partial charge in [-0.3, -0.25) is 19.9 Å². The molecule has 6 aromatic rings. The van der Waals surface area contributed by atoms with E-state index in [0.717, 1.165) is 34.0 Å². The van der Waals surface area contributed by atoms with Gasteiger partial charge in [-0.1, -0.05) is 25.1 Å². The van der Waals surface area contributed by atoms with Gasteiger partial charge in [0, 0.05) is 35.3 Å². The number of hydrogen-bond acceptors (Lipinski definition) is 5. The number of pyridine rings is 2. The van der Waals surface area contributed by atoms with Gasteiger partial charge in [-0.2, -0.15) is 5.10 Å². The quantitative estimate of drug-likeness (QED) is 0.260. The van der Waals surface area contributed by atoms with Gasteiger partial charge in [0.05, 0.1) is 22.9 Å². The zero-order valence-electron chi connectivity index (χ0n) is 19.9. The topological polar surface area (TPSA) is 112 Å². The van der Waals surface area contributed by atoms with Gasteiger partial charge < -0.3 is 10.3 Å². The molecule has 0 atom stereocenters. The van der Waals surface area contributed by atoms with E-state index in [4.69, 9.17) is 4.98 Å². The molecule has 0 unspecified atom stereocenters. The third-order valence-corrected chi connectivity index (χ3v) is 6.15. The van der Waals surface area contributed by atoms with Crippen LogP contribution in [-0.4, -0.2) is 36.0 Å². The third-order valence-electron chi connectivity index (χ3n) is 6.15. The largest absolute Gasteiger partial charge is 0.336 e. The molecule has 0 fully saturated rings. The Hall–Kier alpha value is -4.92. The van der Waals surface area contributed by atoms with E-state index >= 15 is 0 Å². The highest BCUT2D eigenvalue weighted by molar-refractivity contribution is 5.98. The molecule has 37 heavy (non-hydrogen) atoms. The fourth-order valence-corrected chi connectivity index (χ4v) is 4.39. The van der Waals surface area contributed by atoms with Crippen LogP contribution >= 0.6 is 0 Å². The maximum Gasteiger partial charge on any atom is 0.224 e. The number of amides is 1. The van der Waals surface area contributed by atoms with Crippen LogP contribution in [0.1, 0.15) is 19.8 Å². The number of H-pyrrole nitrogens is 2. The highest BCUT2D eigenvalue weighted by Gasteiger charge is 2.18. The molecule has 1 amide bonds. The standard InChI is InChI=1S/C28H22FN7O/c1-2-5-24(37)32-18-12-17(14-30-15-18)16-8-9-22-20(13-16)26(36-35-22)28-33-23-10-11-31-25(27(23)34-28)19-6-3-4-7-21(19)29/h3-4,6-15H,2,5H2,1H3,(H,32,37)(H,33,34)(H,35,36). The zero-order chi connectivity index (χ0) is 25.4. The number of hydrogen-bond donors (Lipinski definition) is 3. The number of imidazole rings is 1. The number of halogens is 1. The summed E-state index contributed by atoms with van der Waals surface area (Å²) in [5.74, 6) is 0.148. The predicted molar refractivity (Wildman–Crippen MR) is 141 cm³/mol. The Morgan fingerprint density at radius 2 is 1.89 bits per heavy atom. The number of aromatic amines is 2. The Kier molecular flexibility index (Phi) is 5.65. The average Bonchev–Trinajstić information content (AvgIpc) is 3.53. The first-order chi connectivity index (χ1) is 18.1. The van der Waals surface area contributed by atoms with E-state index in [1.54, 1.807) is 42.9 Å². The molecule has 9 heteroatoms. The minimum Gasteiger partial charge on any atom is -0.336 e. The van der Waals surface area contributed by atoms with Crippen molar-refractivity contribution in [1.29, 1.82) is 0 Å². The summed E-state index contributed by atoms with van der Waals surface area (Å²) in [6, 6.07) is 16.1. The molecule has 2 aromatic carbocycles. The lowest BCUT2D eigenvalue weighted by Gasteiger charge is -2.07. The summed E-state index contributed by atoms with van der Waals surface area (Å²) in [5.41, 5.74) is 6.04. The van der Waals surface area contributed by atoms with Crippen LogP contribution in [0.25, 0.3) is 55.8 Å². The second-order valence-electron chi connectivity index (χ2n) is 8.71. The Labute approximate surface area is 211 Å². The molecule has 0 saturated heterocycles. The third kappa shape index (κ3) is 4.20. The van der Waals surface area contributed by atoms with Crippen molar-refractivity contribution in [3.8, 4) is 33.9 Å². The Morgan fingerprint density at radius 3 is 2.76 bits per heavy atom. The molecule has 8 nitrogen and oxygen atoms in total.